The first-order chi connectivity index (χ1) is 15.3. The number of hydrogen-bond acceptors (Lipinski definition) is 5. The van der Waals surface area contributed by atoms with Gasteiger partial charge in [0.1, 0.15) is 5.82 Å². The smallest absolute Gasteiger partial charge is 0.314 e. The molecule has 1 saturated heterocycles. The summed E-state index contributed by atoms with van der Waals surface area (Å²) in [5.74, 6) is -2.57. The number of benzene rings is 2. The lowest BCUT2D eigenvalue weighted by Gasteiger charge is -2.44. The van der Waals surface area contributed by atoms with Crippen LogP contribution in [0.4, 0.5) is 23.2 Å². The van der Waals surface area contributed by atoms with Gasteiger partial charge in [0.2, 0.25) is 11.6 Å². The molecule has 168 valence electrons. The fourth-order valence-corrected chi connectivity index (χ4v) is 3.57. The predicted molar refractivity (Wildman–Crippen MR) is 108 cm³/mol. The van der Waals surface area contributed by atoms with Crippen LogP contribution in [0.5, 0.6) is 0 Å². The van der Waals surface area contributed by atoms with Crippen LogP contribution in [0.1, 0.15) is 24.8 Å². The Morgan fingerprint density at radius 1 is 1.19 bits per heavy atom. The average Bonchev–Trinajstić information content (AvgIpc) is 3.27. The van der Waals surface area contributed by atoms with Crippen molar-refractivity contribution in [2.45, 2.75) is 25.6 Å². The maximum Gasteiger partial charge on any atom is 0.314 e. The minimum absolute atomic E-state index is 0.0171. The lowest BCUT2D eigenvalue weighted by Crippen LogP contribution is -2.66. The van der Waals surface area contributed by atoms with Crippen molar-refractivity contribution in [2.75, 3.05) is 24.5 Å². The van der Waals surface area contributed by atoms with Gasteiger partial charge in [0.15, 0.2) is 0 Å². The van der Waals surface area contributed by atoms with Gasteiger partial charge in [-0.3, -0.25) is 9.69 Å². The van der Waals surface area contributed by atoms with E-state index in [-0.39, 0.29) is 36.7 Å². The van der Waals surface area contributed by atoms with E-state index in [9.17, 15) is 18.0 Å². The van der Waals surface area contributed by atoms with Crippen LogP contribution in [0.2, 0.25) is 0 Å². The number of aromatic nitrogens is 2. The van der Waals surface area contributed by atoms with Gasteiger partial charge in [-0.05, 0) is 30.8 Å². The second kappa shape index (κ2) is 8.70. The van der Waals surface area contributed by atoms with E-state index in [1.165, 1.54) is 17.0 Å². The normalized spacial score (nSPS) is 15.6. The van der Waals surface area contributed by atoms with Crippen molar-refractivity contribution < 1.29 is 26.8 Å². The molecular formula is C22H20F4N4O2. The zero-order valence-corrected chi connectivity index (χ0v) is 17.1. The quantitative estimate of drug-likeness (QED) is 0.502. The first-order valence-electron chi connectivity index (χ1n) is 9.99. The molecule has 2 aromatic carbocycles. The summed E-state index contributed by atoms with van der Waals surface area (Å²) >= 11 is 0. The zero-order chi connectivity index (χ0) is 22.9. The molecule has 6 nitrogen and oxygen atoms in total. The van der Waals surface area contributed by atoms with Gasteiger partial charge in [-0.25, -0.2) is 8.78 Å². The summed E-state index contributed by atoms with van der Waals surface area (Å²) in [5, 5.41) is 6.72. The van der Waals surface area contributed by atoms with Crippen LogP contribution >= 0.6 is 0 Å². The summed E-state index contributed by atoms with van der Waals surface area (Å²) in [5.41, 5.74) is -1.37. The van der Waals surface area contributed by atoms with E-state index in [1.54, 1.807) is 35.2 Å². The third-order valence-electron chi connectivity index (χ3n) is 5.35. The van der Waals surface area contributed by atoms with Crippen LogP contribution in [-0.2, 0) is 11.3 Å². The van der Waals surface area contributed by atoms with E-state index in [0.717, 1.165) is 6.07 Å². The van der Waals surface area contributed by atoms with Gasteiger partial charge in [0, 0.05) is 29.9 Å². The lowest BCUT2D eigenvalue weighted by atomic mass is 9.94. The number of alkyl halides is 3. The second-order valence-corrected chi connectivity index (χ2v) is 7.55. The Balaban J connectivity index is 1.60. The van der Waals surface area contributed by atoms with Crippen LogP contribution in [0, 0.1) is 5.82 Å². The molecule has 1 amide bonds. The fraction of sp³-hybridized carbons (Fsp3) is 0.318. The number of likely N-dealkylation sites (tertiary alicyclic amines) is 1. The molecule has 1 aromatic heterocycles. The molecule has 4 rings (SSSR count). The number of carbonyl (C=O) groups excluding carboxylic acids is 1. The Labute approximate surface area is 181 Å². The van der Waals surface area contributed by atoms with Gasteiger partial charge < -0.3 is 9.32 Å². The maximum atomic E-state index is 15.2. The minimum atomic E-state index is -2.94. The van der Waals surface area contributed by atoms with E-state index < -0.39 is 29.7 Å². The maximum absolute atomic E-state index is 15.2. The van der Waals surface area contributed by atoms with Gasteiger partial charge in [-0.15, -0.1) is 10.2 Å². The van der Waals surface area contributed by atoms with E-state index in [1.807, 2.05) is 6.92 Å². The molecule has 0 spiro atoms. The Morgan fingerprint density at radius 2 is 1.91 bits per heavy atom. The number of carbonyl (C=O) groups is 1. The van der Waals surface area contributed by atoms with Gasteiger partial charge >= 0.3 is 6.43 Å². The highest BCUT2D eigenvalue weighted by Gasteiger charge is 2.51. The summed E-state index contributed by atoms with van der Waals surface area (Å²) < 4.78 is 60.2. The molecule has 1 aliphatic heterocycles. The standard InChI is InChI=1S/C22H20F4N4O2/c1-2-29-12-22(26,13-29)21(31)30(16-6-4-3-5-7-16)11-15-9-8-14(10-17(15)23)19-27-28-20(32-19)18(24)25/h3-10,18H,2,11-13H2,1H3. The molecule has 0 bridgehead atoms. The molecule has 0 unspecified atom stereocenters. The number of nitrogens with zero attached hydrogens (tertiary/aromatic N) is 4. The van der Waals surface area contributed by atoms with E-state index in [0.29, 0.717) is 12.2 Å². The fourth-order valence-electron chi connectivity index (χ4n) is 3.57. The number of hydrogen-bond donors (Lipinski definition) is 0. The summed E-state index contributed by atoms with van der Waals surface area (Å²) in [6.45, 7) is 2.26. The Morgan fingerprint density at radius 3 is 2.50 bits per heavy atom. The molecule has 0 radical (unpaired) electrons. The second-order valence-electron chi connectivity index (χ2n) is 7.55. The van der Waals surface area contributed by atoms with Crippen molar-refractivity contribution in [3.8, 4) is 11.5 Å². The Bertz CT molecular complexity index is 1100. The molecular weight excluding hydrogens is 428 g/mol. The van der Waals surface area contributed by atoms with Crippen LogP contribution in [0.3, 0.4) is 0 Å². The summed E-state index contributed by atoms with van der Waals surface area (Å²) in [7, 11) is 0. The largest absolute Gasteiger partial charge is 0.415 e. The number of amides is 1. The number of anilines is 1. The van der Waals surface area contributed by atoms with Crippen LogP contribution in [-0.4, -0.2) is 46.3 Å². The van der Waals surface area contributed by atoms with Gasteiger partial charge in [-0.2, -0.15) is 8.78 Å². The van der Waals surface area contributed by atoms with Crippen molar-refractivity contribution in [1.82, 2.24) is 15.1 Å². The topological polar surface area (TPSA) is 62.5 Å². The molecule has 10 heteroatoms. The monoisotopic (exact) mass is 448 g/mol. The molecule has 0 N–H and O–H groups in total. The third-order valence-corrected chi connectivity index (χ3v) is 5.35. The molecule has 0 atom stereocenters. The van der Waals surface area contributed by atoms with Crippen LogP contribution in [0.15, 0.2) is 52.9 Å². The van der Waals surface area contributed by atoms with E-state index >= 15 is 4.39 Å². The molecule has 1 aliphatic rings. The highest BCUT2D eigenvalue weighted by molar-refractivity contribution is 6.00. The Hall–Kier alpha value is -3.27. The average molecular weight is 448 g/mol. The summed E-state index contributed by atoms with van der Waals surface area (Å²) in [4.78, 5) is 16.1. The molecule has 0 aliphatic carbocycles. The SMILES string of the molecule is CCN1CC(F)(C(=O)N(Cc2ccc(-c3nnc(C(F)F)o3)cc2F)c2ccccc2)C1. The van der Waals surface area contributed by atoms with Crippen LogP contribution in [0.25, 0.3) is 11.5 Å². The molecule has 0 saturated carbocycles. The summed E-state index contributed by atoms with van der Waals surface area (Å²) in [6.07, 6.45) is -2.94. The van der Waals surface area contributed by atoms with Gasteiger partial charge in [0.25, 0.3) is 11.8 Å². The molecule has 1 fully saturated rings. The van der Waals surface area contributed by atoms with Crippen molar-refractivity contribution in [1.29, 1.82) is 0 Å². The Kier molecular flexibility index (Phi) is 5.96. The number of halogens is 4. The number of rotatable bonds is 7. The van der Waals surface area contributed by atoms with Crippen molar-refractivity contribution >= 4 is 11.6 Å². The van der Waals surface area contributed by atoms with Gasteiger partial charge in [0.05, 0.1) is 6.54 Å². The van der Waals surface area contributed by atoms with Crippen molar-refractivity contribution in [2.24, 2.45) is 0 Å². The predicted octanol–water partition coefficient (Wildman–Crippen LogP) is 4.39. The van der Waals surface area contributed by atoms with Gasteiger partial charge in [-0.1, -0.05) is 31.2 Å². The first-order valence-corrected chi connectivity index (χ1v) is 9.99. The molecule has 3 aromatic rings. The third kappa shape index (κ3) is 4.22. The van der Waals surface area contributed by atoms with E-state index in [4.69, 9.17) is 4.42 Å². The first kappa shape index (κ1) is 21.9. The van der Waals surface area contributed by atoms with Crippen molar-refractivity contribution in [3.05, 3.63) is 65.8 Å². The van der Waals surface area contributed by atoms with Crippen molar-refractivity contribution in [3.63, 3.8) is 0 Å². The number of para-hydroxylation sites is 1. The zero-order valence-electron chi connectivity index (χ0n) is 17.1. The summed E-state index contributed by atoms with van der Waals surface area (Å²) in [6, 6.07) is 12.3. The molecule has 32 heavy (non-hydrogen) atoms. The molecule has 2 heterocycles. The van der Waals surface area contributed by atoms with Crippen LogP contribution < -0.4 is 4.90 Å². The lowest BCUT2D eigenvalue weighted by molar-refractivity contribution is -0.142. The minimum Gasteiger partial charge on any atom is -0.415 e. The highest BCUT2D eigenvalue weighted by atomic mass is 19.3. The highest BCUT2D eigenvalue weighted by Crippen LogP contribution is 2.32. The van der Waals surface area contributed by atoms with E-state index in [2.05, 4.69) is 10.2 Å².